The van der Waals surface area contributed by atoms with Gasteiger partial charge in [0.2, 0.25) is 0 Å². The number of nitrogens with two attached hydrogens (primary N) is 1. The molecule has 0 aromatic heterocycles. The zero-order valence-corrected chi connectivity index (χ0v) is 30.8. The minimum Gasteiger partial charge on any atom is -0.398 e. The van der Waals surface area contributed by atoms with Gasteiger partial charge < -0.3 is 5.73 Å². The van der Waals surface area contributed by atoms with Crippen molar-refractivity contribution in [1.29, 1.82) is 0 Å². The second-order valence-electron chi connectivity index (χ2n) is 13.0. The van der Waals surface area contributed by atoms with Crippen molar-refractivity contribution in [2.24, 2.45) is 5.73 Å². The summed E-state index contributed by atoms with van der Waals surface area (Å²) in [6.07, 6.45) is 9.58. The van der Waals surface area contributed by atoms with Crippen molar-refractivity contribution >= 4 is 49.7 Å². The van der Waals surface area contributed by atoms with Crippen LogP contribution in [0.5, 0.6) is 0 Å². The van der Waals surface area contributed by atoms with Gasteiger partial charge in [0, 0.05) is 5.70 Å². The molecular weight excluding hydrogens is 615 g/mol. The van der Waals surface area contributed by atoms with Crippen molar-refractivity contribution < 1.29 is 0 Å². The van der Waals surface area contributed by atoms with Gasteiger partial charge in [0.1, 0.15) is 0 Å². The molecule has 2 N–H and O–H groups in total. The molecule has 0 fully saturated rings. The third-order valence-corrected chi connectivity index (χ3v) is 9.98. The number of benzene rings is 7. The van der Waals surface area contributed by atoms with E-state index in [1.54, 1.807) is 0 Å². The molecular formula is C50H49N. The van der Waals surface area contributed by atoms with E-state index in [1.807, 2.05) is 19.9 Å². The van der Waals surface area contributed by atoms with Crippen LogP contribution in [-0.2, 0) is 6.42 Å². The van der Waals surface area contributed by atoms with E-state index in [0.29, 0.717) is 0 Å². The number of allylic oxidation sites excluding steroid dienone is 3. The van der Waals surface area contributed by atoms with Crippen LogP contribution in [-0.4, -0.2) is 0 Å². The zero-order chi connectivity index (χ0) is 35.9. The summed E-state index contributed by atoms with van der Waals surface area (Å²) in [5, 5.41) is 7.74. The van der Waals surface area contributed by atoms with Gasteiger partial charge >= 0.3 is 0 Å². The summed E-state index contributed by atoms with van der Waals surface area (Å²) in [5.74, 6) is 0. The number of unbranched alkanes of at least 4 members (excludes halogenated alkanes) is 1. The third-order valence-electron chi connectivity index (χ3n) is 9.98. The Kier molecular flexibility index (Phi) is 11.0. The molecule has 254 valence electrons. The number of hydrogen-bond donors (Lipinski definition) is 1. The van der Waals surface area contributed by atoms with Gasteiger partial charge in [-0.1, -0.05) is 167 Å². The molecule has 7 aromatic rings. The average Bonchev–Trinajstić information content (AvgIpc) is 3.19. The van der Waals surface area contributed by atoms with Crippen LogP contribution in [0.2, 0.25) is 0 Å². The van der Waals surface area contributed by atoms with Gasteiger partial charge in [0.25, 0.3) is 0 Å². The second-order valence-corrected chi connectivity index (χ2v) is 13.0. The molecule has 0 saturated carbocycles. The van der Waals surface area contributed by atoms with Crippen LogP contribution in [0.4, 0.5) is 0 Å². The van der Waals surface area contributed by atoms with Crippen LogP contribution in [0.15, 0.2) is 146 Å². The highest BCUT2D eigenvalue weighted by Crippen LogP contribution is 2.45. The molecule has 0 aliphatic rings. The van der Waals surface area contributed by atoms with Crippen molar-refractivity contribution in [3.8, 4) is 22.3 Å². The van der Waals surface area contributed by atoms with Gasteiger partial charge in [-0.3, -0.25) is 0 Å². The Labute approximate surface area is 304 Å². The molecule has 7 rings (SSSR count). The first-order chi connectivity index (χ1) is 25.0. The lowest BCUT2D eigenvalue weighted by Crippen LogP contribution is -1.98. The summed E-state index contributed by atoms with van der Waals surface area (Å²) in [6, 6.07) is 46.8. The minimum absolute atomic E-state index is 0.735. The molecule has 1 heteroatoms. The highest BCUT2D eigenvalue weighted by atomic mass is 14.6. The molecule has 0 unspecified atom stereocenters. The molecule has 0 aliphatic carbocycles. The highest BCUT2D eigenvalue weighted by molar-refractivity contribution is 6.23. The maximum Gasteiger partial charge on any atom is 0.0393 e. The predicted molar refractivity (Wildman–Crippen MR) is 227 cm³/mol. The molecule has 1 nitrogen and oxygen atoms in total. The van der Waals surface area contributed by atoms with E-state index in [0.717, 1.165) is 34.4 Å². The van der Waals surface area contributed by atoms with Crippen molar-refractivity contribution in [3.63, 3.8) is 0 Å². The van der Waals surface area contributed by atoms with E-state index in [1.165, 1.54) is 78.5 Å². The first-order valence-corrected chi connectivity index (χ1v) is 18.4. The number of rotatable bonds is 9. The number of aryl methyl sites for hydroxylation is 2. The Morgan fingerprint density at radius 3 is 1.76 bits per heavy atom. The molecule has 0 heterocycles. The SMILES string of the molecule is C=Cc1cc(/C(N)=C/C(=C\C)c2ccc(-c3c4ccccc4c(-c4ccc(CCCC)c5ccccc45)c4ccccc34)cc2)ccc1C.CC. The van der Waals surface area contributed by atoms with Crippen LogP contribution < -0.4 is 5.73 Å². The maximum atomic E-state index is 6.64. The van der Waals surface area contributed by atoms with E-state index < -0.39 is 0 Å². The molecule has 0 bridgehead atoms. The van der Waals surface area contributed by atoms with E-state index in [4.69, 9.17) is 5.73 Å². The lowest BCUT2D eigenvalue weighted by molar-refractivity contribution is 0.799. The maximum absolute atomic E-state index is 6.64. The Morgan fingerprint density at radius 2 is 1.20 bits per heavy atom. The Bertz CT molecular complexity index is 2350. The monoisotopic (exact) mass is 663 g/mol. The molecule has 7 aromatic carbocycles. The summed E-state index contributed by atoms with van der Waals surface area (Å²) < 4.78 is 0. The fraction of sp³-hybridized carbons (Fsp3) is 0.160. The smallest absolute Gasteiger partial charge is 0.0393 e. The predicted octanol–water partition coefficient (Wildman–Crippen LogP) is 14.2. The van der Waals surface area contributed by atoms with Gasteiger partial charge in [0.15, 0.2) is 0 Å². The van der Waals surface area contributed by atoms with Gasteiger partial charge in [-0.2, -0.15) is 0 Å². The lowest BCUT2D eigenvalue weighted by Gasteiger charge is -2.20. The van der Waals surface area contributed by atoms with E-state index in [9.17, 15) is 0 Å². The van der Waals surface area contributed by atoms with Crippen LogP contribution in [0.1, 0.15) is 68.4 Å². The van der Waals surface area contributed by atoms with Gasteiger partial charge in [-0.05, 0) is 127 Å². The van der Waals surface area contributed by atoms with Crippen LogP contribution >= 0.6 is 0 Å². The van der Waals surface area contributed by atoms with Crippen molar-refractivity contribution in [2.75, 3.05) is 0 Å². The topological polar surface area (TPSA) is 26.0 Å². The molecule has 0 aliphatic heterocycles. The molecule has 0 radical (unpaired) electrons. The fourth-order valence-corrected chi connectivity index (χ4v) is 7.35. The Balaban J connectivity index is 0.00000220. The van der Waals surface area contributed by atoms with Crippen LogP contribution in [0, 0.1) is 6.92 Å². The zero-order valence-electron chi connectivity index (χ0n) is 30.8. The summed E-state index contributed by atoms with van der Waals surface area (Å²) in [6.45, 7) is 14.4. The summed E-state index contributed by atoms with van der Waals surface area (Å²) in [7, 11) is 0. The first kappa shape index (κ1) is 35.2. The Morgan fingerprint density at radius 1 is 0.647 bits per heavy atom. The summed E-state index contributed by atoms with van der Waals surface area (Å²) in [5.41, 5.74) is 19.4. The molecule has 0 spiro atoms. The van der Waals surface area contributed by atoms with Crippen LogP contribution in [0.3, 0.4) is 0 Å². The fourth-order valence-electron chi connectivity index (χ4n) is 7.35. The Hall–Kier alpha value is -5.66. The van der Waals surface area contributed by atoms with E-state index in [2.05, 4.69) is 167 Å². The standard InChI is InChI=1S/C48H43N.C2H6/c1-5-8-15-36-28-29-45(40-17-10-9-16-39(36)40)48-43-20-13-11-18-41(43)47(42-19-12-14-21-44(42)48)37-26-24-35(25-27-37)34(7-3)31-46(49)38-23-22-32(4)33(6-2)30-38;1-2/h6-7,9-14,16-31H,2,5,8,15,49H2,1,3-4H3;1-2H3/b34-7+,46-31-;. The number of hydrogen-bond acceptors (Lipinski definition) is 1. The highest BCUT2D eigenvalue weighted by Gasteiger charge is 2.18. The van der Waals surface area contributed by atoms with Gasteiger partial charge in [-0.15, -0.1) is 0 Å². The lowest BCUT2D eigenvalue weighted by atomic mass is 9.84. The molecule has 0 saturated heterocycles. The quantitative estimate of drug-likeness (QED) is 0.121. The van der Waals surface area contributed by atoms with Crippen LogP contribution in [0.25, 0.3) is 71.9 Å². The van der Waals surface area contributed by atoms with Crippen molar-refractivity contribution in [3.05, 3.63) is 174 Å². The van der Waals surface area contributed by atoms with Gasteiger partial charge in [-0.25, -0.2) is 0 Å². The average molecular weight is 664 g/mol. The number of fused-ring (bicyclic) bond motifs is 3. The molecule has 0 atom stereocenters. The minimum atomic E-state index is 0.735. The van der Waals surface area contributed by atoms with Crippen molar-refractivity contribution in [1.82, 2.24) is 0 Å². The van der Waals surface area contributed by atoms with Crippen molar-refractivity contribution in [2.45, 2.75) is 53.9 Å². The van der Waals surface area contributed by atoms with E-state index >= 15 is 0 Å². The third kappa shape index (κ3) is 6.90. The summed E-state index contributed by atoms with van der Waals surface area (Å²) >= 11 is 0. The normalized spacial score (nSPS) is 11.9. The van der Waals surface area contributed by atoms with Gasteiger partial charge in [0.05, 0.1) is 0 Å². The summed E-state index contributed by atoms with van der Waals surface area (Å²) in [4.78, 5) is 0. The molecule has 51 heavy (non-hydrogen) atoms. The van der Waals surface area contributed by atoms with E-state index in [-0.39, 0.29) is 0 Å². The first-order valence-electron chi connectivity index (χ1n) is 18.4. The largest absolute Gasteiger partial charge is 0.398 e. The molecule has 0 amide bonds. The second kappa shape index (κ2) is 15.9.